The van der Waals surface area contributed by atoms with Crippen molar-refractivity contribution >= 4 is 17.5 Å². The maximum atomic E-state index is 10.9. The third-order valence-electron chi connectivity index (χ3n) is 1.75. The molecule has 0 radical (unpaired) electrons. The number of amides is 1. The van der Waals surface area contributed by atoms with Crippen molar-refractivity contribution in [3.8, 4) is 11.8 Å². The molecule has 0 bridgehead atoms. The maximum absolute atomic E-state index is 10.9. The molecule has 15 heavy (non-hydrogen) atoms. The van der Waals surface area contributed by atoms with Gasteiger partial charge < -0.3 is 5.32 Å². The van der Waals surface area contributed by atoms with Gasteiger partial charge >= 0.3 is 0 Å². The average molecular weight is 222 g/mol. The van der Waals surface area contributed by atoms with E-state index in [0.29, 0.717) is 18.0 Å². The van der Waals surface area contributed by atoms with Crippen LogP contribution in [0.3, 0.4) is 0 Å². The second-order valence-electron chi connectivity index (χ2n) is 2.94. The molecule has 0 fully saturated rings. The van der Waals surface area contributed by atoms with Crippen molar-refractivity contribution in [1.82, 2.24) is 5.32 Å². The molecule has 0 saturated carbocycles. The molecule has 1 rings (SSSR count). The van der Waals surface area contributed by atoms with Gasteiger partial charge in [-0.1, -0.05) is 36.4 Å². The van der Waals surface area contributed by atoms with Crippen molar-refractivity contribution in [3.63, 3.8) is 0 Å². The first-order valence-electron chi connectivity index (χ1n) is 4.73. The van der Waals surface area contributed by atoms with E-state index < -0.39 is 0 Å². The van der Waals surface area contributed by atoms with E-state index in [2.05, 4.69) is 17.2 Å². The largest absolute Gasteiger partial charge is 0.345 e. The Labute approximate surface area is 94.6 Å². The molecular weight excluding hydrogens is 210 g/mol. The zero-order valence-electron chi connectivity index (χ0n) is 8.51. The molecule has 1 aromatic rings. The fraction of sp³-hybridized carbons (Fsp3) is 0.250. The van der Waals surface area contributed by atoms with Crippen LogP contribution in [0.1, 0.15) is 18.9 Å². The minimum Gasteiger partial charge on any atom is -0.345 e. The molecule has 78 valence electrons. The second kappa shape index (κ2) is 6.10. The summed E-state index contributed by atoms with van der Waals surface area (Å²) in [6.07, 6.45) is 0.485. The van der Waals surface area contributed by atoms with E-state index in [-0.39, 0.29) is 5.91 Å². The minimum atomic E-state index is 0.00962. The van der Waals surface area contributed by atoms with Gasteiger partial charge in [-0.25, -0.2) is 0 Å². The van der Waals surface area contributed by atoms with Crippen LogP contribution in [0.2, 0.25) is 5.02 Å². The molecule has 0 saturated heterocycles. The number of benzene rings is 1. The molecule has 0 aliphatic carbocycles. The number of rotatable bonds is 2. The van der Waals surface area contributed by atoms with Crippen molar-refractivity contribution in [2.75, 3.05) is 6.54 Å². The van der Waals surface area contributed by atoms with E-state index in [9.17, 15) is 4.79 Å². The third kappa shape index (κ3) is 4.53. The van der Waals surface area contributed by atoms with Gasteiger partial charge in [-0.05, 0) is 18.2 Å². The molecule has 0 atom stereocenters. The summed E-state index contributed by atoms with van der Waals surface area (Å²) in [6.45, 7) is 2.18. The predicted molar refractivity (Wildman–Crippen MR) is 61.6 cm³/mol. The number of carbonyl (C=O) groups excluding carboxylic acids is 1. The van der Waals surface area contributed by atoms with E-state index >= 15 is 0 Å². The van der Waals surface area contributed by atoms with Crippen LogP contribution in [0.15, 0.2) is 24.3 Å². The van der Waals surface area contributed by atoms with Crippen LogP contribution >= 0.6 is 11.6 Å². The molecular formula is C12H12ClNO. The normalized spacial score (nSPS) is 8.93. The SMILES string of the molecule is CCC(=O)NCC#Cc1cccc(Cl)c1. The van der Waals surface area contributed by atoms with Crippen molar-refractivity contribution in [2.24, 2.45) is 0 Å². The van der Waals surface area contributed by atoms with Crippen molar-refractivity contribution < 1.29 is 4.79 Å². The smallest absolute Gasteiger partial charge is 0.220 e. The minimum absolute atomic E-state index is 0.00962. The van der Waals surface area contributed by atoms with Crippen molar-refractivity contribution in [2.45, 2.75) is 13.3 Å². The summed E-state index contributed by atoms with van der Waals surface area (Å²) < 4.78 is 0. The molecule has 1 amide bonds. The van der Waals surface area contributed by atoms with Gasteiger partial charge in [-0.15, -0.1) is 0 Å². The van der Waals surface area contributed by atoms with Gasteiger partial charge in [0.1, 0.15) is 0 Å². The molecule has 1 N–H and O–H groups in total. The number of nitrogens with one attached hydrogen (secondary N) is 1. The maximum Gasteiger partial charge on any atom is 0.220 e. The molecule has 1 aromatic carbocycles. The lowest BCUT2D eigenvalue weighted by molar-refractivity contribution is -0.120. The highest BCUT2D eigenvalue weighted by molar-refractivity contribution is 6.30. The van der Waals surface area contributed by atoms with Crippen LogP contribution in [0.5, 0.6) is 0 Å². The van der Waals surface area contributed by atoms with E-state index in [4.69, 9.17) is 11.6 Å². The summed E-state index contributed by atoms with van der Waals surface area (Å²) >= 11 is 5.79. The average Bonchev–Trinajstić information content (AvgIpc) is 2.24. The van der Waals surface area contributed by atoms with Gasteiger partial charge in [0.05, 0.1) is 6.54 Å². The topological polar surface area (TPSA) is 29.1 Å². The summed E-state index contributed by atoms with van der Waals surface area (Å²) in [7, 11) is 0. The van der Waals surface area contributed by atoms with Gasteiger partial charge in [0.25, 0.3) is 0 Å². The van der Waals surface area contributed by atoms with E-state index in [1.165, 1.54) is 0 Å². The standard InChI is InChI=1S/C12H12ClNO/c1-2-12(15)14-8-4-6-10-5-3-7-11(13)9-10/h3,5,7,9H,2,8H2,1H3,(H,14,15). The quantitative estimate of drug-likeness (QED) is 0.763. The number of hydrogen-bond donors (Lipinski definition) is 1. The highest BCUT2D eigenvalue weighted by Gasteiger charge is 1.91. The monoisotopic (exact) mass is 221 g/mol. The summed E-state index contributed by atoms with van der Waals surface area (Å²) in [6, 6.07) is 7.30. The Bertz CT molecular complexity index is 404. The highest BCUT2D eigenvalue weighted by Crippen LogP contribution is 2.08. The zero-order valence-corrected chi connectivity index (χ0v) is 9.27. The van der Waals surface area contributed by atoms with Crippen molar-refractivity contribution in [3.05, 3.63) is 34.9 Å². The lowest BCUT2D eigenvalue weighted by Gasteiger charge is -1.95. The molecule has 2 nitrogen and oxygen atoms in total. The molecule has 0 heterocycles. The van der Waals surface area contributed by atoms with E-state index in [1.807, 2.05) is 12.1 Å². The summed E-state index contributed by atoms with van der Waals surface area (Å²) in [4.78, 5) is 10.9. The number of halogens is 1. The fourth-order valence-electron chi connectivity index (χ4n) is 0.980. The predicted octanol–water partition coefficient (Wildman–Crippen LogP) is 2.22. The number of carbonyl (C=O) groups is 1. The first kappa shape index (κ1) is 11.6. The lowest BCUT2D eigenvalue weighted by Crippen LogP contribution is -2.22. The second-order valence-corrected chi connectivity index (χ2v) is 3.38. The third-order valence-corrected chi connectivity index (χ3v) is 1.99. The van der Waals surface area contributed by atoms with Gasteiger partial charge in [0, 0.05) is 17.0 Å². The lowest BCUT2D eigenvalue weighted by atomic mass is 10.2. The summed E-state index contributed by atoms with van der Waals surface area (Å²) in [5.41, 5.74) is 0.855. The van der Waals surface area contributed by atoms with Crippen LogP contribution in [0.25, 0.3) is 0 Å². The Morgan fingerprint density at radius 2 is 2.33 bits per heavy atom. The molecule has 0 spiro atoms. The molecule has 0 aliphatic heterocycles. The fourth-order valence-corrected chi connectivity index (χ4v) is 1.17. The molecule has 0 aliphatic rings. The molecule has 0 unspecified atom stereocenters. The van der Waals surface area contributed by atoms with Crippen LogP contribution < -0.4 is 5.32 Å². The first-order chi connectivity index (χ1) is 7.22. The van der Waals surface area contributed by atoms with Crippen LogP contribution in [-0.4, -0.2) is 12.5 Å². The van der Waals surface area contributed by atoms with E-state index in [0.717, 1.165) is 5.56 Å². The molecule has 0 aromatic heterocycles. The van der Waals surface area contributed by atoms with Gasteiger partial charge in [-0.3, -0.25) is 4.79 Å². The number of hydrogen-bond acceptors (Lipinski definition) is 1. The van der Waals surface area contributed by atoms with Crippen LogP contribution in [-0.2, 0) is 4.79 Å². The Morgan fingerprint density at radius 1 is 1.53 bits per heavy atom. The Hall–Kier alpha value is -1.46. The summed E-state index contributed by atoms with van der Waals surface area (Å²) in [5, 5.41) is 3.34. The Morgan fingerprint density at radius 3 is 3.00 bits per heavy atom. The van der Waals surface area contributed by atoms with Gasteiger partial charge in [0.2, 0.25) is 5.91 Å². The van der Waals surface area contributed by atoms with E-state index in [1.54, 1.807) is 19.1 Å². The Kier molecular flexibility index (Phi) is 4.73. The van der Waals surface area contributed by atoms with Crippen LogP contribution in [0, 0.1) is 11.8 Å². The first-order valence-corrected chi connectivity index (χ1v) is 5.11. The Balaban J connectivity index is 2.48. The van der Waals surface area contributed by atoms with Gasteiger partial charge in [-0.2, -0.15) is 0 Å². The van der Waals surface area contributed by atoms with Crippen LogP contribution in [0.4, 0.5) is 0 Å². The zero-order chi connectivity index (χ0) is 11.1. The summed E-state index contributed by atoms with van der Waals surface area (Å²) in [5.74, 6) is 5.78. The van der Waals surface area contributed by atoms with Crippen molar-refractivity contribution in [1.29, 1.82) is 0 Å². The van der Waals surface area contributed by atoms with Gasteiger partial charge in [0.15, 0.2) is 0 Å². The molecule has 3 heteroatoms. The highest BCUT2D eigenvalue weighted by atomic mass is 35.5.